The van der Waals surface area contributed by atoms with Gasteiger partial charge in [-0.15, -0.1) is 0 Å². The van der Waals surface area contributed by atoms with E-state index in [9.17, 15) is 4.79 Å². The van der Waals surface area contributed by atoms with Crippen LogP contribution in [0.3, 0.4) is 0 Å². The molecule has 2 N–H and O–H groups in total. The summed E-state index contributed by atoms with van der Waals surface area (Å²) in [5.41, 5.74) is 7.74. The summed E-state index contributed by atoms with van der Waals surface area (Å²) in [6.07, 6.45) is 3.24. The number of hydrogen-bond donors (Lipinski definition) is 1. The van der Waals surface area contributed by atoms with Gasteiger partial charge in [0.25, 0.3) is 0 Å². The number of hydrogen-bond acceptors (Lipinski definition) is 4. The number of esters is 1. The largest absolute Gasteiger partial charge is 0.459 e. The molecule has 1 aromatic rings. The molecule has 1 unspecified atom stereocenters. The van der Waals surface area contributed by atoms with Crippen LogP contribution in [0.2, 0.25) is 0 Å². The molecule has 1 fully saturated rings. The minimum atomic E-state index is -0.334. The van der Waals surface area contributed by atoms with Crippen molar-refractivity contribution in [2.45, 2.75) is 32.3 Å². The lowest BCUT2D eigenvalue weighted by atomic mass is 10.1. The number of anilines is 1. The van der Waals surface area contributed by atoms with Crippen LogP contribution in [-0.2, 0) is 9.47 Å². The van der Waals surface area contributed by atoms with Gasteiger partial charge in [0.15, 0.2) is 0 Å². The van der Waals surface area contributed by atoms with E-state index < -0.39 is 0 Å². The fourth-order valence-corrected chi connectivity index (χ4v) is 2.12. The first kappa shape index (κ1) is 12.9. The van der Waals surface area contributed by atoms with Crippen LogP contribution in [0.4, 0.5) is 5.69 Å². The number of aryl methyl sites for hydroxylation is 1. The molecule has 4 heteroatoms. The molecule has 1 heterocycles. The summed E-state index contributed by atoms with van der Waals surface area (Å²) in [6.45, 7) is 2.99. The quantitative estimate of drug-likeness (QED) is 0.659. The zero-order valence-corrected chi connectivity index (χ0v) is 10.6. The van der Waals surface area contributed by atoms with Gasteiger partial charge in [-0.3, -0.25) is 0 Å². The molecule has 1 aromatic carbocycles. The number of nitrogen functional groups attached to an aromatic ring is 1. The van der Waals surface area contributed by atoms with Crippen molar-refractivity contribution in [1.29, 1.82) is 0 Å². The van der Waals surface area contributed by atoms with Crippen molar-refractivity contribution in [2.24, 2.45) is 0 Å². The first-order valence-electron chi connectivity index (χ1n) is 6.31. The summed E-state index contributed by atoms with van der Waals surface area (Å²) in [4.78, 5) is 11.9. The fourth-order valence-electron chi connectivity index (χ4n) is 2.12. The minimum absolute atomic E-state index is 0.0462. The summed E-state index contributed by atoms with van der Waals surface area (Å²) < 4.78 is 10.8. The number of rotatable bonds is 3. The van der Waals surface area contributed by atoms with E-state index in [2.05, 4.69) is 0 Å². The van der Waals surface area contributed by atoms with Crippen molar-refractivity contribution in [2.75, 3.05) is 18.9 Å². The average Bonchev–Trinajstić information content (AvgIpc) is 2.36. The van der Waals surface area contributed by atoms with Gasteiger partial charge in [-0.1, -0.05) is 0 Å². The Morgan fingerprint density at radius 3 is 2.94 bits per heavy atom. The van der Waals surface area contributed by atoms with Crippen LogP contribution < -0.4 is 5.73 Å². The molecule has 0 radical (unpaired) electrons. The van der Waals surface area contributed by atoms with Crippen LogP contribution in [0.5, 0.6) is 0 Å². The van der Waals surface area contributed by atoms with Gasteiger partial charge in [0, 0.05) is 12.3 Å². The molecular weight excluding hydrogens is 230 g/mol. The molecule has 0 saturated carbocycles. The molecule has 1 saturated heterocycles. The van der Waals surface area contributed by atoms with Crippen molar-refractivity contribution in [3.05, 3.63) is 29.3 Å². The third-order valence-electron chi connectivity index (χ3n) is 3.01. The van der Waals surface area contributed by atoms with Gasteiger partial charge < -0.3 is 15.2 Å². The van der Waals surface area contributed by atoms with Gasteiger partial charge in [-0.2, -0.15) is 0 Å². The zero-order chi connectivity index (χ0) is 13.0. The fraction of sp³-hybridized carbons (Fsp3) is 0.500. The smallest absolute Gasteiger partial charge is 0.338 e. The van der Waals surface area contributed by atoms with Crippen LogP contribution in [-0.4, -0.2) is 25.3 Å². The molecule has 1 aliphatic heterocycles. The van der Waals surface area contributed by atoms with Crippen LogP contribution >= 0.6 is 0 Å². The highest BCUT2D eigenvalue weighted by atomic mass is 16.6. The van der Waals surface area contributed by atoms with Gasteiger partial charge in [0.1, 0.15) is 6.61 Å². The number of carbonyl (C=O) groups excluding carboxylic acids is 1. The van der Waals surface area contributed by atoms with Gasteiger partial charge in [-0.25, -0.2) is 4.79 Å². The number of ether oxygens (including phenoxy) is 2. The maximum absolute atomic E-state index is 11.9. The van der Waals surface area contributed by atoms with Crippen LogP contribution in [0.25, 0.3) is 0 Å². The number of carbonyl (C=O) groups is 1. The van der Waals surface area contributed by atoms with E-state index >= 15 is 0 Å². The summed E-state index contributed by atoms with van der Waals surface area (Å²) in [5, 5.41) is 0. The van der Waals surface area contributed by atoms with Crippen molar-refractivity contribution in [3.8, 4) is 0 Å². The molecule has 4 nitrogen and oxygen atoms in total. The SMILES string of the molecule is Cc1cc(N)cc(C(=O)OCC2CCCCO2)c1. The Morgan fingerprint density at radius 1 is 1.44 bits per heavy atom. The lowest BCUT2D eigenvalue weighted by Crippen LogP contribution is -2.26. The molecule has 0 spiro atoms. The van der Waals surface area contributed by atoms with Gasteiger partial charge >= 0.3 is 5.97 Å². The third-order valence-corrected chi connectivity index (χ3v) is 3.01. The molecule has 0 aliphatic carbocycles. The van der Waals surface area contributed by atoms with Crippen LogP contribution in [0.15, 0.2) is 18.2 Å². The normalized spacial score (nSPS) is 19.5. The van der Waals surface area contributed by atoms with Gasteiger partial charge in [0.2, 0.25) is 0 Å². The molecule has 1 atom stereocenters. The molecule has 0 aromatic heterocycles. The van der Waals surface area contributed by atoms with Gasteiger partial charge in [-0.05, 0) is 49.9 Å². The summed E-state index contributed by atoms with van der Waals surface area (Å²) in [7, 11) is 0. The molecule has 0 amide bonds. The Labute approximate surface area is 107 Å². The molecule has 1 aliphatic rings. The lowest BCUT2D eigenvalue weighted by Gasteiger charge is -2.22. The predicted octanol–water partition coefficient (Wildman–Crippen LogP) is 2.30. The van der Waals surface area contributed by atoms with Crippen molar-refractivity contribution in [1.82, 2.24) is 0 Å². The van der Waals surface area contributed by atoms with Crippen molar-refractivity contribution >= 4 is 11.7 Å². The molecular formula is C14H19NO3. The first-order valence-corrected chi connectivity index (χ1v) is 6.31. The molecule has 98 valence electrons. The van der Waals surface area contributed by atoms with E-state index in [0.717, 1.165) is 31.4 Å². The Balaban J connectivity index is 1.90. The second kappa shape index (κ2) is 5.87. The summed E-state index contributed by atoms with van der Waals surface area (Å²) >= 11 is 0. The van der Waals surface area contributed by atoms with E-state index in [1.165, 1.54) is 0 Å². The highest BCUT2D eigenvalue weighted by molar-refractivity contribution is 5.90. The first-order chi connectivity index (χ1) is 8.65. The van der Waals surface area contributed by atoms with E-state index in [-0.39, 0.29) is 12.1 Å². The zero-order valence-electron chi connectivity index (χ0n) is 10.6. The molecule has 18 heavy (non-hydrogen) atoms. The molecule has 2 rings (SSSR count). The lowest BCUT2D eigenvalue weighted by molar-refractivity contribution is -0.0300. The highest BCUT2D eigenvalue weighted by Crippen LogP contribution is 2.15. The number of benzene rings is 1. The third kappa shape index (κ3) is 3.47. The Morgan fingerprint density at radius 2 is 2.28 bits per heavy atom. The average molecular weight is 249 g/mol. The van der Waals surface area contributed by atoms with E-state index in [4.69, 9.17) is 15.2 Å². The highest BCUT2D eigenvalue weighted by Gasteiger charge is 2.17. The van der Waals surface area contributed by atoms with E-state index in [1.807, 2.05) is 13.0 Å². The number of nitrogens with two attached hydrogens (primary N) is 1. The van der Waals surface area contributed by atoms with Crippen LogP contribution in [0.1, 0.15) is 35.2 Å². The summed E-state index contributed by atoms with van der Waals surface area (Å²) in [5.74, 6) is -0.334. The molecule has 0 bridgehead atoms. The van der Waals surface area contributed by atoms with Crippen molar-refractivity contribution < 1.29 is 14.3 Å². The standard InChI is InChI=1S/C14H19NO3/c1-10-6-11(8-12(15)7-10)14(16)18-9-13-4-2-3-5-17-13/h6-8,13H,2-5,9,15H2,1H3. The Kier molecular flexibility index (Phi) is 4.20. The Bertz CT molecular complexity index is 405. The monoisotopic (exact) mass is 249 g/mol. The van der Waals surface area contributed by atoms with E-state index in [1.54, 1.807) is 12.1 Å². The second-order valence-corrected chi connectivity index (χ2v) is 4.72. The summed E-state index contributed by atoms with van der Waals surface area (Å²) in [6, 6.07) is 5.23. The van der Waals surface area contributed by atoms with Gasteiger partial charge in [0.05, 0.1) is 11.7 Å². The predicted molar refractivity (Wildman–Crippen MR) is 69.5 cm³/mol. The minimum Gasteiger partial charge on any atom is -0.459 e. The topological polar surface area (TPSA) is 61.6 Å². The van der Waals surface area contributed by atoms with Crippen molar-refractivity contribution in [3.63, 3.8) is 0 Å². The maximum Gasteiger partial charge on any atom is 0.338 e. The Hall–Kier alpha value is -1.55. The van der Waals surface area contributed by atoms with E-state index in [0.29, 0.717) is 17.9 Å². The second-order valence-electron chi connectivity index (χ2n) is 4.72. The van der Waals surface area contributed by atoms with Crippen LogP contribution in [0, 0.1) is 6.92 Å². The maximum atomic E-state index is 11.9.